The fourth-order valence-corrected chi connectivity index (χ4v) is 6.64. The minimum absolute atomic E-state index is 0.154. The summed E-state index contributed by atoms with van der Waals surface area (Å²) in [4.78, 5) is 13.4. The molecule has 7 nitrogen and oxygen atoms in total. The van der Waals surface area contributed by atoms with Gasteiger partial charge in [0.2, 0.25) is 2.86 Å². The molecule has 1 saturated heterocycles. The van der Waals surface area contributed by atoms with Gasteiger partial charge in [0.15, 0.2) is 7.14 Å². The molecule has 3 atom stereocenters. The highest BCUT2D eigenvalue weighted by molar-refractivity contribution is 6.31. The largest absolute Gasteiger partial charge is 0.393 e. The van der Waals surface area contributed by atoms with Crippen molar-refractivity contribution >= 4 is 49.5 Å². The molecule has 2 aromatic heterocycles. The number of amides is 1. The fourth-order valence-electron chi connectivity index (χ4n) is 6.64. The molecule has 7 heteroatoms. The molecule has 5 heterocycles. The number of rotatable bonds is 3. The van der Waals surface area contributed by atoms with Crippen LogP contribution in [0.25, 0.3) is 43.6 Å². The van der Waals surface area contributed by atoms with E-state index >= 15 is 0 Å². The molecule has 164 valence electrons. The van der Waals surface area contributed by atoms with E-state index in [0.717, 1.165) is 54.5 Å². The third kappa shape index (κ3) is 1.75. The number of nitrogens with zero attached hydrogens (tertiary/aromatic N) is 2. The molecular formula is C26H21N3O4. The van der Waals surface area contributed by atoms with E-state index in [1.54, 1.807) is 0 Å². The molecule has 3 N–H and O–H groups in total. The second-order valence-corrected chi connectivity index (χ2v) is 9.56. The third-order valence-corrected chi connectivity index (χ3v) is 8.12. The van der Waals surface area contributed by atoms with E-state index in [2.05, 4.69) is 9.13 Å². The van der Waals surface area contributed by atoms with Crippen molar-refractivity contribution in [3.63, 3.8) is 0 Å². The van der Waals surface area contributed by atoms with E-state index < -0.39 is 17.6 Å². The van der Waals surface area contributed by atoms with Crippen molar-refractivity contribution in [2.75, 3.05) is 6.61 Å². The second kappa shape index (κ2) is 5.39. The fraction of sp³-hybridized carbons (Fsp3) is 0.269. The zero-order chi connectivity index (χ0) is 24.6. The quantitative estimate of drug-likeness (QED) is 0.399. The van der Waals surface area contributed by atoms with Gasteiger partial charge in [-0.3, -0.25) is 4.79 Å². The summed E-state index contributed by atoms with van der Waals surface area (Å²) in [5.74, 6) is -0.306. The number of aliphatic hydroxyl groups is 2. The number of para-hydroxylation sites is 2. The van der Waals surface area contributed by atoms with Crippen LogP contribution in [0.5, 0.6) is 0 Å². The van der Waals surface area contributed by atoms with E-state index in [1.807, 2.05) is 55.5 Å². The average molecular weight is 442 g/mol. The first-order valence-corrected chi connectivity index (χ1v) is 11.2. The average Bonchev–Trinajstić information content (AvgIpc) is 3.55. The summed E-state index contributed by atoms with van der Waals surface area (Å²) in [6.07, 6.45) is -0.246. The van der Waals surface area contributed by atoms with Crippen molar-refractivity contribution in [2.45, 2.75) is 37.4 Å². The molecule has 0 spiro atoms. The van der Waals surface area contributed by atoms with Gasteiger partial charge >= 0.3 is 0 Å². The van der Waals surface area contributed by atoms with Crippen LogP contribution in [-0.4, -0.2) is 40.3 Å². The van der Waals surface area contributed by atoms with Crippen LogP contribution < -0.4 is 5.31 Å². The molecule has 3 unspecified atom stereocenters. The lowest BCUT2D eigenvalue weighted by atomic mass is 9.89. The topological polar surface area (TPSA) is 88.7 Å². The number of hydrogen-bond donors (Lipinski definition) is 3. The lowest BCUT2D eigenvalue weighted by molar-refractivity contribution is -0.189. The molecule has 0 saturated carbocycles. The number of benzene rings is 3. The molecule has 3 aliphatic heterocycles. The zero-order valence-corrected chi connectivity index (χ0v) is 17.8. The Morgan fingerprint density at radius 3 is 2.70 bits per heavy atom. The monoisotopic (exact) mass is 442 g/mol. The van der Waals surface area contributed by atoms with Gasteiger partial charge in [0, 0.05) is 34.5 Å². The Balaban J connectivity index is 1.72. The lowest BCUT2D eigenvalue weighted by Gasteiger charge is -2.38. The Morgan fingerprint density at radius 1 is 1.15 bits per heavy atom. The lowest BCUT2D eigenvalue weighted by Crippen LogP contribution is -2.53. The Kier molecular flexibility index (Phi) is 2.52. The third-order valence-electron chi connectivity index (χ3n) is 8.12. The van der Waals surface area contributed by atoms with Gasteiger partial charge in [-0.15, -0.1) is 0 Å². The normalized spacial score (nSPS) is 29.4. The Bertz CT molecular complexity index is 1810. The van der Waals surface area contributed by atoms with E-state index in [1.165, 1.54) is 0 Å². The predicted molar refractivity (Wildman–Crippen MR) is 124 cm³/mol. The number of carbonyl (C=O) groups excluding carboxylic acids is 1. The maximum absolute atomic E-state index is 13.4. The maximum atomic E-state index is 13.4. The molecule has 3 aromatic carbocycles. The van der Waals surface area contributed by atoms with Crippen molar-refractivity contribution in [3.8, 4) is 0 Å². The van der Waals surface area contributed by atoms with Crippen molar-refractivity contribution in [1.82, 2.24) is 14.4 Å². The first-order chi connectivity index (χ1) is 17.5. The Morgan fingerprint density at radius 2 is 1.91 bits per heavy atom. The number of hydrogen-bond acceptors (Lipinski definition) is 4. The van der Waals surface area contributed by atoms with E-state index in [0.29, 0.717) is 5.56 Å². The number of nitrogens with one attached hydrogen (secondary N) is 1. The highest BCUT2D eigenvalue weighted by Crippen LogP contribution is 2.57. The molecule has 5 aromatic rings. The van der Waals surface area contributed by atoms with Crippen LogP contribution in [0.4, 0.5) is 0 Å². The molecule has 1 fully saturated rings. The summed E-state index contributed by atoms with van der Waals surface area (Å²) >= 11 is 0. The van der Waals surface area contributed by atoms with Gasteiger partial charge in [-0.2, -0.15) is 0 Å². The van der Waals surface area contributed by atoms with Crippen molar-refractivity contribution < 1.29 is 21.2 Å². The smallest absolute Gasteiger partial charge is 0.252 e. The molecular weight excluding hydrogens is 418 g/mol. The zero-order valence-electron chi connectivity index (χ0n) is 20.8. The first-order valence-electron chi connectivity index (χ1n) is 12.4. The standard InChI is InChI=1S/C26H21N3O4/c1-25-26(32,12-30)10-18(33-25)28-16-8-4-2-6-13(16)20-21-15(11-27-24(21)31)19-14-7-3-5-9-17(14)29(25)23(19)22(20)28/h2-9,18,30,32H,10-12H2,1H3,(H,27,31)/i30D,32D/hD. The van der Waals surface area contributed by atoms with E-state index in [9.17, 15) is 4.79 Å². The Labute approximate surface area is 192 Å². The molecule has 2 bridgehead atoms. The summed E-state index contributed by atoms with van der Waals surface area (Å²) in [5, 5.41) is 14.9. The summed E-state index contributed by atoms with van der Waals surface area (Å²) < 4.78 is 35.1. The van der Waals surface area contributed by atoms with Crippen molar-refractivity contribution in [1.29, 1.82) is 2.86 Å². The van der Waals surface area contributed by atoms with Gasteiger partial charge in [-0.1, -0.05) is 36.4 Å². The van der Waals surface area contributed by atoms with Crippen LogP contribution in [-0.2, 0) is 17.0 Å². The minimum atomic E-state index is -1.26. The number of aromatic nitrogens is 2. The van der Waals surface area contributed by atoms with Crippen LogP contribution >= 0.6 is 0 Å². The van der Waals surface area contributed by atoms with Gasteiger partial charge < -0.3 is 29.4 Å². The Hall–Kier alpha value is -3.39. The summed E-state index contributed by atoms with van der Waals surface area (Å²) in [7, 11) is 0. The molecule has 33 heavy (non-hydrogen) atoms. The number of carbonyl (C=O) groups is 1. The number of fused-ring (bicyclic) bond motifs is 13. The highest BCUT2D eigenvalue weighted by atomic mass is 16.6. The summed E-state index contributed by atoms with van der Waals surface area (Å²) in [6, 6.07) is 15.8. The summed E-state index contributed by atoms with van der Waals surface area (Å²) in [6.45, 7) is 1.92. The van der Waals surface area contributed by atoms with Gasteiger partial charge in [-0.05, 0) is 24.6 Å². The van der Waals surface area contributed by atoms with Crippen LogP contribution in [0.1, 0.15) is 35.5 Å². The number of aliphatic hydroxyl groups excluding tert-OH is 1. The molecule has 0 aliphatic carbocycles. The van der Waals surface area contributed by atoms with Crippen LogP contribution in [0, 0.1) is 0 Å². The van der Waals surface area contributed by atoms with E-state index in [4.69, 9.17) is 19.2 Å². The van der Waals surface area contributed by atoms with E-state index in [-0.39, 0.29) is 25.5 Å². The van der Waals surface area contributed by atoms with Gasteiger partial charge in [0.05, 0.1) is 34.2 Å². The molecule has 3 aliphatic rings. The van der Waals surface area contributed by atoms with Crippen LogP contribution in [0.15, 0.2) is 48.5 Å². The maximum Gasteiger partial charge on any atom is 0.252 e. The first kappa shape index (κ1) is 15.4. The second-order valence-electron chi connectivity index (χ2n) is 9.56. The van der Waals surface area contributed by atoms with Crippen LogP contribution in [0.2, 0.25) is 1.41 Å². The SMILES string of the molecule is [2H]OCC1(O[2H])CC2OC1(C)n1c3ccccc3c3c4c(c5c6ccccc6n2c5c31)C(=O)N([2H])C4. The molecule has 0 radical (unpaired) electrons. The predicted octanol–water partition coefficient (Wildman–Crippen LogP) is 3.47. The minimum Gasteiger partial charge on any atom is -0.393 e. The molecule has 8 rings (SSSR count). The van der Waals surface area contributed by atoms with Gasteiger partial charge in [0.25, 0.3) is 5.91 Å². The van der Waals surface area contributed by atoms with Crippen LogP contribution in [0.3, 0.4) is 0 Å². The van der Waals surface area contributed by atoms with Crippen molar-refractivity contribution in [3.05, 3.63) is 59.7 Å². The summed E-state index contributed by atoms with van der Waals surface area (Å²) in [5.41, 5.74) is 2.47. The van der Waals surface area contributed by atoms with Gasteiger partial charge in [0.1, 0.15) is 11.8 Å². The highest BCUT2D eigenvalue weighted by Gasteiger charge is 2.60. The van der Waals surface area contributed by atoms with Crippen molar-refractivity contribution in [2.24, 2.45) is 0 Å². The van der Waals surface area contributed by atoms with Gasteiger partial charge in [-0.25, -0.2) is 0 Å². The molecule has 1 amide bonds. The number of ether oxygens (including phenoxy) is 1.